The normalized spacial score (nSPS) is 11.4. The fraction of sp³-hybridized carbons (Fsp3) is 0.316. The van der Waals surface area contributed by atoms with Crippen LogP contribution in [0.15, 0.2) is 35.3 Å². The molecule has 1 heterocycles. The molecule has 11 heteroatoms. The van der Waals surface area contributed by atoms with E-state index in [0.717, 1.165) is 17.8 Å². The van der Waals surface area contributed by atoms with Crippen molar-refractivity contribution in [1.82, 2.24) is 15.6 Å². The van der Waals surface area contributed by atoms with Crippen molar-refractivity contribution in [2.45, 2.75) is 32.2 Å². The lowest BCUT2D eigenvalue weighted by atomic mass is 10.0. The Kier molecular flexibility index (Phi) is 8.29. The lowest BCUT2D eigenvalue weighted by Gasteiger charge is -2.17. The van der Waals surface area contributed by atoms with Gasteiger partial charge in [-0.3, -0.25) is 14.4 Å². The monoisotopic (exact) mass is 432 g/mol. The lowest BCUT2D eigenvalue weighted by Crippen LogP contribution is -2.39. The number of hydrogen-bond acceptors (Lipinski definition) is 6. The summed E-state index contributed by atoms with van der Waals surface area (Å²) < 4.78 is 0. The van der Waals surface area contributed by atoms with Crippen molar-refractivity contribution in [3.05, 3.63) is 46.5 Å². The third-order valence-electron chi connectivity index (χ3n) is 3.93. The number of aryl methyl sites for hydroxylation is 1. The predicted octanol–water partition coefficient (Wildman–Crippen LogP) is 1.06. The molecule has 1 aromatic carbocycles. The molecule has 160 valence electrons. The Morgan fingerprint density at radius 3 is 2.53 bits per heavy atom. The second-order valence-electron chi connectivity index (χ2n) is 6.37. The van der Waals surface area contributed by atoms with E-state index in [-0.39, 0.29) is 24.1 Å². The number of carbonyl (C=O) groups excluding carboxylic acids is 2. The zero-order chi connectivity index (χ0) is 22.1. The molecule has 10 nitrogen and oxygen atoms in total. The zero-order valence-electron chi connectivity index (χ0n) is 16.4. The first kappa shape index (κ1) is 22.8. The quantitative estimate of drug-likeness (QED) is 0.276. The summed E-state index contributed by atoms with van der Waals surface area (Å²) in [7, 11) is 0. The number of aliphatic carboxylic acids is 1. The van der Waals surface area contributed by atoms with Crippen LogP contribution >= 0.6 is 11.3 Å². The summed E-state index contributed by atoms with van der Waals surface area (Å²) in [6.45, 7) is 1.63. The Bertz CT molecular complexity index is 924. The number of guanidine groups is 1. The maximum atomic E-state index is 12.6. The Balaban J connectivity index is 2.04. The largest absolute Gasteiger partial charge is 0.481 e. The number of carbonyl (C=O) groups is 3. The van der Waals surface area contributed by atoms with Gasteiger partial charge >= 0.3 is 5.97 Å². The van der Waals surface area contributed by atoms with Crippen LogP contribution in [0.1, 0.15) is 46.7 Å². The number of amides is 2. The van der Waals surface area contributed by atoms with Crippen molar-refractivity contribution in [1.29, 1.82) is 0 Å². The van der Waals surface area contributed by atoms with Gasteiger partial charge in [-0.1, -0.05) is 55.0 Å². The summed E-state index contributed by atoms with van der Waals surface area (Å²) >= 11 is 1.03. The highest BCUT2D eigenvalue weighted by atomic mass is 32.1. The number of aliphatic imine (C=N–C) groups is 1. The average Bonchev–Trinajstić information content (AvgIpc) is 3.08. The highest BCUT2D eigenvalue weighted by molar-refractivity contribution is 7.17. The molecule has 0 bridgehead atoms. The number of carboxylic acids is 1. The number of benzene rings is 1. The van der Waals surface area contributed by atoms with Crippen LogP contribution in [0.5, 0.6) is 0 Å². The van der Waals surface area contributed by atoms with Crippen LogP contribution in [0.3, 0.4) is 0 Å². The third-order valence-corrected chi connectivity index (χ3v) is 4.92. The molecule has 0 aliphatic heterocycles. The number of nitrogens with one attached hydrogen (secondary N) is 2. The Morgan fingerprint density at radius 1 is 1.23 bits per heavy atom. The van der Waals surface area contributed by atoms with Crippen LogP contribution in [-0.2, 0) is 16.0 Å². The average molecular weight is 433 g/mol. The summed E-state index contributed by atoms with van der Waals surface area (Å²) in [5.41, 5.74) is 11.9. The smallest absolute Gasteiger partial charge is 0.305 e. The molecule has 0 radical (unpaired) electrons. The zero-order valence-corrected chi connectivity index (χ0v) is 17.2. The van der Waals surface area contributed by atoms with Crippen molar-refractivity contribution in [2.75, 3.05) is 6.54 Å². The third kappa shape index (κ3) is 6.85. The van der Waals surface area contributed by atoms with Crippen LogP contribution in [0.2, 0.25) is 0 Å². The van der Waals surface area contributed by atoms with Gasteiger partial charge in [0, 0.05) is 0 Å². The van der Waals surface area contributed by atoms with Crippen molar-refractivity contribution in [3.63, 3.8) is 0 Å². The van der Waals surface area contributed by atoms with Crippen molar-refractivity contribution < 1.29 is 19.5 Å². The second kappa shape index (κ2) is 10.9. The van der Waals surface area contributed by atoms with Gasteiger partial charge in [0.2, 0.25) is 11.0 Å². The SMILES string of the molecule is CCCc1nc(N=C(N)N)sc1C(=O)NCC(=O)NC(CC(=O)O)c1ccccc1. The van der Waals surface area contributed by atoms with Gasteiger partial charge in [0.25, 0.3) is 5.91 Å². The predicted molar refractivity (Wildman–Crippen MR) is 113 cm³/mol. The molecule has 0 spiro atoms. The Morgan fingerprint density at radius 2 is 1.93 bits per heavy atom. The molecule has 0 aliphatic carbocycles. The highest BCUT2D eigenvalue weighted by Crippen LogP contribution is 2.26. The van der Waals surface area contributed by atoms with E-state index in [1.807, 2.05) is 6.92 Å². The van der Waals surface area contributed by atoms with Gasteiger partial charge in [0.15, 0.2) is 5.96 Å². The second-order valence-corrected chi connectivity index (χ2v) is 7.35. The summed E-state index contributed by atoms with van der Waals surface area (Å²) in [5, 5.41) is 14.6. The fourth-order valence-corrected chi connectivity index (χ4v) is 3.60. The molecule has 1 aromatic heterocycles. The molecule has 1 atom stereocenters. The number of hydrogen-bond donors (Lipinski definition) is 5. The minimum Gasteiger partial charge on any atom is -0.481 e. The van der Waals surface area contributed by atoms with Crippen molar-refractivity contribution in [3.8, 4) is 0 Å². The molecule has 1 unspecified atom stereocenters. The Labute approximate surface area is 177 Å². The van der Waals surface area contributed by atoms with E-state index < -0.39 is 23.8 Å². The standard InChI is InChI=1S/C19H24N6O4S/c1-2-6-12-16(30-19(24-12)25-18(20)21)17(29)22-10-14(26)23-13(9-15(27)28)11-7-4-3-5-8-11/h3-5,7-8,13H,2,6,9-10H2,1H3,(H,22,29)(H,23,26)(H,27,28)(H4,20,21,24,25). The van der Waals surface area contributed by atoms with E-state index >= 15 is 0 Å². The number of nitrogens with zero attached hydrogens (tertiary/aromatic N) is 2. The number of aromatic nitrogens is 1. The van der Waals surface area contributed by atoms with Crippen LogP contribution in [0.25, 0.3) is 0 Å². The first-order chi connectivity index (χ1) is 14.3. The lowest BCUT2D eigenvalue weighted by molar-refractivity contribution is -0.137. The molecule has 2 aromatic rings. The molecule has 0 aliphatic rings. The summed E-state index contributed by atoms with van der Waals surface area (Å²) in [5.74, 6) is -2.19. The number of nitrogens with two attached hydrogens (primary N) is 2. The molecule has 2 amide bonds. The molecule has 0 fully saturated rings. The van der Waals surface area contributed by atoms with E-state index in [9.17, 15) is 14.4 Å². The number of rotatable bonds is 10. The highest BCUT2D eigenvalue weighted by Gasteiger charge is 2.21. The summed E-state index contributed by atoms with van der Waals surface area (Å²) in [4.78, 5) is 44.5. The van der Waals surface area contributed by atoms with Gasteiger partial charge in [0.1, 0.15) is 4.88 Å². The van der Waals surface area contributed by atoms with Gasteiger partial charge in [-0.05, 0) is 12.0 Å². The number of thiazole rings is 1. The molecule has 7 N–H and O–H groups in total. The molecule has 30 heavy (non-hydrogen) atoms. The van der Waals surface area contributed by atoms with Gasteiger partial charge in [-0.15, -0.1) is 0 Å². The minimum absolute atomic E-state index is 0.163. The van der Waals surface area contributed by atoms with Gasteiger partial charge in [0.05, 0.1) is 24.7 Å². The Hall–Kier alpha value is -3.47. The topological polar surface area (TPSA) is 173 Å². The van der Waals surface area contributed by atoms with Gasteiger partial charge in [-0.2, -0.15) is 4.99 Å². The molecular formula is C19H24N6O4S. The first-order valence-electron chi connectivity index (χ1n) is 9.23. The van der Waals surface area contributed by atoms with Crippen LogP contribution in [0, 0.1) is 0 Å². The van der Waals surface area contributed by atoms with Gasteiger partial charge in [-0.25, -0.2) is 4.98 Å². The summed E-state index contributed by atoms with van der Waals surface area (Å²) in [6, 6.07) is 8.05. The van der Waals surface area contributed by atoms with E-state index in [1.165, 1.54) is 0 Å². The fourth-order valence-electron chi connectivity index (χ4n) is 2.68. The summed E-state index contributed by atoms with van der Waals surface area (Å²) in [6.07, 6.45) is 1.04. The van der Waals surface area contributed by atoms with E-state index in [1.54, 1.807) is 30.3 Å². The van der Waals surface area contributed by atoms with Gasteiger partial charge < -0.3 is 27.2 Å². The van der Waals surface area contributed by atoms with E-state index in [4.69, 9.17) is 16.6 Å². The van der Waals surface area contributed by atoms with Crippen LogP contribution in [-0.4, -0.2) is 40.4 Å². The maximum Gasteiger partial charge on any atom is 0.305 e. The van der Waals surface area contributed by atoms with E-state index in [0.29, 0.717) is 22.6 Å². The van der Waals surface area contributed by atoms with E-state index in [2.05, 4.69) is 20.6 Å². The molecular weight excluding hydrogens is 408 g/mol. The van der Waals surface area contributed by atoms with Crippen molar-refractivity contribution in [2.24, 2.45) is 16.5 Å². The van der Waals surface area contributed by atoms with Crippen LogP contribution in [0.4, 0.5) is 5.13 Å². The first-order valence-corrected chi connectivity index (χ1v) is 10.1. The molecule has 2 rings (SSSR count). The molecule has 0 saturated heterocycles. The number of carboxylic acid groups (broad SMARTS) is 1. The minimum atomic E-state index is -1.05. The maximum absolute atomic E-state index is 12.6. The molecule has 0 saturated carbocycles. The van der Waals surface area contributed by atoms with Crippen molar-refractivity contribution >= 4 is 40.2 Å². The van der Waals surface area contributed by atoms with Crippen LogP contribution < -0.4 is 22.1 Å².